The minimum atomic E-state index is -4.75. The van der Waals surface area contributed by atoms with Gasteiger partial charge < -0.3 is 14.8 Å². The number of aromatic nitrogens is 2. The molecule has 6 nitrogen and oxygen atoms in total. The van der Waals surface area contributed by atoms with Crippen LogP contribution in [0.3, 0.4) is 0 Å². The van der Waals surface area contributed by atoms with Crippen LogP contribution < -0.4 is 14.8 Å². The lowest BCUT2D eigenvalue weighted by molar-refractivity contribution is -0.274. The number of ether oxygens (including phenoxy) is 2. The zero-order valence-corrected chi connectivity index (χ0v) is 14.5. The number of amides is 1. The fraction of sp³-hybridized carbons (Fsp3) is 0.263. The summed E-state index contributed by atoms with van der Waals surface area (Å²) in [5.74, 6) is -0.258. The Morgan fingerprint density at radius 1 is 1.14 bits per heavy atom. The largest absolute Gasteiger partial charge is 0.573 e. The second-order valence-corrected chi connectivity index (χ2v) is 6.49. The fourth-order valence-electron chi connectivity index (χ4n) is 3.09. The first-order valence-electron chi connectivity index (χ1n) is 8.63. The molecule has 3 aromatic rings. The molecular weight excluding hydrogens is 375 g/mol. The number of hydrogen-bond acceptors (Lipinski definition) is 4. The van der Waals surface area contributed by atoms with Gasteiger partial charge in [0.2, 0.25) is 0 Å². The SMILES string of the molecule is O=C(NC1CC(Oc2cccc(OC(F)(F)F)c2)C1)c1cnn2ccccc12. The van der Waals surface area contributed by atoms with Crippen LogP contribution in [0.2, 0.25) is 0 Å². The van der Waals surface area contributed by atoms with Crippen LogP contribution >= 0.6 is 0 Å². The predicted octanol–water partition coefficient (Wildman–Crippen LogP) is 3.57. The van der Waals surface area contributed by atoms with Crippen molar-refractivity contribution in [2.75, 3.05) is 0 Å². The molecule has 1 fully saturated rings. The Morgan fingerprint density at radius 2 is 1.93 bits per heavy atom. The van der Waals surface area contributed by atoms with Crippen LogP contribution in [0, 0.1) is 0 Å². The highest BCUT2D eigenvalue weighted by Gasteiger charge is 2.33. The third-order valence-corrected chi connectivity index (χ3v) is 4.44. The summed E-state index contributed by atoms with van der Waals surface area (Å²) >= 11 is 0. The Balaban J connectivity index is 1.30. The fourth-order valence-corrected chi connectivity index (χ4v) is 3.09. The van der Waals surface area contributed by atoms with Gasteiger partial charge in [0, 0.05) is 31.1 Å². The molecule has 9 heteroatoms. The number of alkyl halides is 3. The van der Waals surface area contributed by atoms with E-state index >= 15 is 0 Å². The van der Waals surface area contributed by atoms with Crippen molar-refractivity contribution >= 4 is 11.4 Å². The molecule has 0 atom stereocenters. The zero-order valence-electron chi connectivity index (χ0n) is 14.5. The smallest absolute Gasteiger partial charge is 0.490 e. The molecule has 2 aromatic heterocycles. The second-order valence-electron chi connectivity index (χ2n) is 6.49. The molecule has 0 spiro atoms. The van der Waals surface area contributed by atoms with Gasteiger partial charge >= 0.3 is 6.36 Å². The standard InChI is InChI=1S/C19H16F3N3O3/c20-19(21,22)28-14-5-3-4-13(10-14)27-15-8-12(9-15)24-18(26)16-11-23-25-7-2-1-6-17(16)25/h1-7,10-12,15H,8-9H2,(H,24,26). The van der Waals surface area contributed by atoms with Gasteiger partial charge in [-0.15, -0.1) is 13.2 Å². The number of carbonyl (C=O) groups is 1. The summed E-state index contributed by atoms with van der Waals surface area (Å²) < 4.78 is 48.0. The molecule has 1 aliphatic carbocycles. The zero-order chi connectivity index (χ0) is 19.7. The Hall–Kier alpha value is -3.23. The van der Waals surface area contributed by atoms with E-state index in [1.54, 1.807) is 16.8 Å². The summed E-state index contributed by atoms with van der Waals surface area (Å²) in [6, 6.07) is 10.8. The predicted molar refractivity (Wildman–Crippen MR) is 93.2 cm³/mol. The summed E-state index contributed by atoms with van der Waals surface area (Å²) in [7, 11) is 0. The van der Waals surface area contributed by atoms with Gasteiger partial charge in [-0.1, -0.05) is 12.1 Å². The molecule has 0 saturated heterocycles. The Bertz CT molecular complexity index is 996. The molecule has 1 amide bonds. The van der Waals surface area contributed by atoms with Crippen molar-refractivity contribution in [3.05, 3.63) is 60.4 Å². The molecule has 1 N–H and O–H groups in total. The first kappa shape index (κ1) is 18.1. The van der Waals surface area contributed by atoms with Crippen LogP contribution in [0.1, 0.15) is 23.2 Å². The molecule has 4 rings (SSSR count). The highest BCUT2D eigenvalue weighted by Crippen LogP contribution is 2.30. The highest BCUT2D eigenvalue weighted by atomic mass is 19.4. The average molecular weight is 391 g/mol. The average Bonchev–Trinajstić information content (AvgIpc) is 3.03. The topological polar surface area (TPSA) is 64.9 Å². The van der Waals surface area contributed by atoms with Crippen molar-refractivity contribution in [3.63, 3.8) is 0 Å². The van der Waals surface area contributed by atoms with Crippen molar-refractivity contribution in [1.29, 1.82) is 0 Å². The van der Waals surface area contributed by atoms with Gasteiger partial charge in [-0.05, 0) is 24.3 Å². The Kier molecular flexibility index (Phi) is 4.58. The van der Waals surface area contributed by atoms with Crippen molar-refractivity contribution < 1.29 is 27.4 Å². The molecule has 0 radical (unpaired) electrons. The number of halogens is 3. The number of fused-ring (bicyclic) bond motifs is 1. The number of nitrogens with one attached hydrogen (secondary N) is 1. The van der Waals surface area contributed by atoms with E-state index in [1.165, 1.54) is 24.4 Å². The lowest BCUT2D eigenvalue weighted by atomic mass is 9.89. The van der Waals surface area contributed by atoms with E-state index < -0.39 is 6.36 Å². The Morgan fingerprint density at radius 3 is 2.71 bits per heavy atom. The van der Waals surface area contributed by atoms with Crippen molar-refractivity contribution in [3.8, 4) is 11.5 Å². The van der Waals surface area contributed by atoms with Crippen LogP contribution in [-0.4, -0.2) is 34.0 Å². The quantitative estimate of drug-likeness (QED) is 0.722. The molecule has 1 saturated carbocycles. The number of hydrogen-bond donors (Lipinski definition) is 1. The summed E-state index contributed by atoms with van der Waals surface area (Å²) in [4.78, 5) is 12.4. The van der Waals surface area contributed by atoms with E-state index in [-0.39, 0.29) is 23.8 Å². The number of pyridine rings is 1. The van der Waals surface area contributed by atoms with Crippen molar-refractivity contribution in [1.82, 2.24) is 14.9 Å². The molecule has 0 unspecified atom stereocenters. The monoisotopic (exact) mass is 391 g/mol. The van der Waals surface area contributed by atoms with Gasteiger partial charge in [0.25, 0.3) is 5.91 Å². The molecule has 1 aromatic carbocycles. The maximum absolute atomic E-state index is 12.4. The van der Waals surface area contributed by atoms with Crippen LogP contribution in [0.5, 0.6) is 11.5 Å². The van der Waals surface area contributed by atoms with Gasteiger partial charge in [0.05, 0.1) is 17.3 Å². The number of nitrogens with zero attached hydrogens (tertiary/aromatic N) is 2. The second kappa shape index (κ2) is 7.06. The van der Waals surface area contributed by atoms with E-state index in [9.17, 15) is 18.0 Å². The van der Waals surface area contributed by atoms with Crippen LogP contribution in [0.4, 0.5) is 13.2 Å². The van der Waals surface area contributed by atoms with E-state index in [0.29, 0.717) is 29.7 Å². The first-order valence-corrected chi connectivity index (χ1v) is 8.63. The minimum Gasteiger partial charge on any atom is -0.490 e. The van der Waals surface area contributed by atoms with Gasteiger partial charge in [-0.25, -0.2) is 4.52 Å². The molecule has 1 aliphatic rings. The molecule has 0 bridgehead atoms. The highest BCUT2D eigenvalue weighted by molar-refractivity contribution is 6.00. The molecular formula is C19H16F3N3O3. The van der Waals surface area contributed by atoms with Gasteiger partial charge in [0.15, 0.2) is 0 Å². The maximum atomic E-state index is 12.4. The molecule has 146 valence electrons. The number of carbonyl (C=O) groups excluding carboxylic acids is 1. The summed E-state index contributed by atoms with van der Waals surface area (Å²) in [6.45, 7) is 0. The molecule has 28 heavy (non-hydrogen) atoms. The third-order valence-electron chi connectivity index (χ3n) is 4.44. The van der Waals surface area contributed by atoms with E-state index in [0.717, 1.165) is 0 Å². The van der Waals surface area contributed by atoms with Gasteiger partial charge in [0.1, 0.15) is 17.6 Å². The summed E-state index contributed by atoms with van der Waals surface area (Å²) in [5, 5.41) is 7.06. The lowest BCUT2D eigenvalue weighted by Gasteiger charge is -2.35. The van der Waals surface area contributed by atoms with Crippen molar-refractivity contribution in [2.45, 2.75) is 31.3 Å². The normalized spacial score (nSPS) is 19.1. The van der Waals surface area contributed by atoms with Crippen LogP contribution in [-0.2, 0) is 0 Å². The van der Waals surface area contributed by atoms with Gasteiger partial charge in [-0.2, -0.15) is 5.10 Å². The lowest BCUT2D eigenvalue weighted by Crippen LogP contribution is -2.48. The summed E-state index contributed by atoms with van der Waals surface area (Å²) in [5.41, 5.74) is 1.20. The number of rotatable bonds is 5. The third kappa shape index (κ3) is 4.03. The van der Waals surface area contributed by atoms with Gasteiger partial charge in [-0.3, -0.25) is 4.79 Å². The van der Waals surface area contributed by atoms with Crippen molar-refractivity contribution in [2.24, 2.45) is 0 Å². The van der Waals surface area contributed by atoms with Crippen LogP contribution in [0.15, 0.2) is 54.9 Å². The first-order chi connectivity index (χ1) is 13.4. The van der Waals surface area contributed by atoms with E-state index in [1.807, 2.05) is 18.2 Å². The van der Waals surface area contributed by atoms with E-state index in [2.05, 4.69) is 15.2 Å². The summed E-state index contributed by atoms with van der Waals surface area (Å²) in [6.07, 6.45) is -0.526. The Labute approximate surface area is 157 Å². The molecule has 2 heterocycles. The van der Waals surface area contributed by atoms with Crippen LogP contribution in [0.25, 0.3) is 5.52 Å². The van der Waals surface area contributed by atoms with E-state index in [4.69, 9.17) is 4.74 Å². The maximum Gasteiger partial charge on any atom is 0.573 e. The molecule has 0 aliphatic heterocycles. The number of benzene rings is 1. The minimum absolute atomic E-state index is 0.0641.